The fourth-order valence-corrected chi connectivity index (χ4v) is 2.47. The van der Waals surface area contributed by atoms with Gasteiger partial charge in [-0.3, -0.25) is 0 Å². The van der Waals surface area contributed by atoms with Gasteiger partial charge in [0.15, 0.2) is 9.84 Å². The topological polar surface area (TPSA) is 74.6 Å². The Hall–Kier alpha value is -0.910. The smallest absolute Gasteiger partial charge is 0.180 e. The normalized spacial score (nSPS) is 15.9. The lowest BCUT2D eigenvalue weighted by atomic mass is 10.1. The molecule has 0 aliphatic carbocycles. The Kier molecular flexibility index (Phi) is 4.30. The lowest BCUT2D eigenvalue weighted by Crippen LogP contribution is -2.16. The van der Waals surface area contributed by atoms with Gasteiger partial charge in [-0.25, -0.2) is 8.42 Å². The highest BCUT2D eigenvalue weighted by Gasteiger charge is 2.20. The molecule has 0 spiro atoms. The molecule has 96 valence electrons. The van der Waals surface area contributed by atoms with Crippen LogP contribution in [0.5, 0.6) is 0 Å². The van der Waals surface area contributed by atoms with E-state index in [1.165, 1.54) is 31.2 Å². The molecular weight excluding hydrogens is 240 g/mol. The molecule has 2 atom stereocenters. The van der Waals surface area contributed by atoms with Gasteiger partial charge >= 0.3 is 0 Å². The van der Waals surface area contributed by atoms with Gasteiger partial charge in [-0.2, -0.15) is 0 Å². The lowest BCUT2D eigenvalue weighted by molar-refractivity contribution is 0.0305. The van der Waals surface area contributed by atoms with Gasteiger partial charge in [-0.1, -0.05) is 12.1 Å². The maximum absolute atomic E-state index is 11.8. The van der Waals surface area contributed by atoms with Crippen LogP contribution in [-0.2, 0) is 9.84 Å². The van der Waals surface area contributed by atoms with E-state index in [0.29, 0.717) is 5.56 Å². The Balaban J connectivity index is 3.05. The van der Waals surface area contributed by atoms with E-state index in [0.717, 1.165) is 0 Å². The van der Waals surface area contributed by atoms with Gasteiger partial charge in [0.05, 0.1) is 16.2 Å². The zero-order chi connectivity index (χ0) is 13.2. The van der Waals surface area contributed by atoms with Gasteiger partial charge in [-0.15, -0.1) is 0 Å². The van der Waals surface area contributed by atoms with Crippen LogP contribution >= 0.6 is 0 Å². The second kappa shape index (κ2) is 5.16. The first kappa shape index (κ1) is 14.2. The summed E-state index contributed by atoms with van der Waals surface area (Å²) in [4.78, 5) is 0.231. The Morgan fingerprint density at radius 2 is 1.47 bits per heavy atom. The zero-order valence-corrected chi connectivity index (χ0v) is 11.0. The third-order valence-corrected chi connectivity index (χ3v) is 4.80. The van der Waals surface area contributed by atoms with Crippen molar-refractivity contribution in [3.63, 3.8) is 0 Å². The summed E-state index contributed by atoms with van der Waals surface area (Å²) in [6.07, 6.45) is -1.88. The summed E-state index contributed by atoms with van der Waals surface area (Å²) in [6, 6.07) is 5.95. The summed E-state index contributed by atoms with van der Waals surface area (Å²) in [5.74, 6) is 0. The molecule has 0 heterocycles. The fraction of sp³-hybridized carbons (Fsp3) is 0.500. The second-order valence-corrected chi connectivity index (χ2v) is 6.85. The van der Waals surface area contributed by atoms with Crippen LogP contribution in [0, 0.1) is 0 Å². The molecule has 0 saturated heterocycles. The highest BCUT2D eigenvalue weighted by Crippen LogP contribution is 2.21. The van der Waals surface area contributed by atoms with Crippen LogP contribution in [0.2, 0.25) is 0 Å². The standard InChI is InChI=1S/C12H18O4S/c1-8(2)17(15,16)11-6-4-10(5-7-11)12(14)9(3)13/h4-9,12-14H,1-3H3. The second-order valence-electron chi connectivity index (χ2n) is 4.35. The summed E-state index contributed by atoms with van der Waals surface area (Å²) in [7, 11) is -3.28. The number of hydrogen-bond donors (Lipinski definition) is 2. The molecule has 0 aliphatic heterocycles. The maximum atomic E-state index is 11.8. The van der Waals surface area contributed by atoms with Crippen molar-refractivity contribution in [2.24, 2.45) is 0 Å². The van der Waals surface area contributed by atoms with Crippen LogP contribution < -0.4 is 0 Å². The molecule has 4 nitrogen and oxygen atoms in total. The van der Waals surface area contributed by atoms with E-state index in [9.17, 15) is 18.6 Å². The zero-order valence-electron chi connectivity index (χ0n) is 10.2. The van der Waals surface area contributed by atoms with Crippen molar-refractivity contribution in [3.05, 3.63) is 29.8 Å². The highest BCUT2D eigenvalue weighted by molar-refractivity contribution is 7.92. The molecule has 17 heavy (non-hydrogen) atoms. The van der Waals surface area contributed by atoms with E-state index in [1.54, 1.807) is 13.8 Å². The van der Waals surface area contributed by atoms with E-state index in [1.807, 2.05) is 0 Å². The van der Waals surface area contributed by atoms with Gasteiger partial charge in [0.1, 0.15) is 6.10 Å². The number of hydrogen-bond acceptors (Lipinski definition) is 4. The van der Waals surface area contributed by atoms with Crippen molar-refractivity contribution in [3.8, 4) is 0 Å². The third-order valence-electron chi connectivity index (χ3n) is 2.63. The van der Waals surface area contributed by atoms with E-state index in [2.05, 4.69) is 0 Å². The van der Waals surface area contributed by atoms with Crippen molar-refractivity contribution in [2.45, 2.75) is 43.1 Å². The Morgan fingerprint density at radius 3 is 1.82 bits per heavy atom. The van der Waals surface area contributed by atoms with Gasteiger partial charge < -0.3 is 10.2 Å². The molecular formula is C12H18O4S. The van der Waals surface area contributed by atoms with E-state index >= 15 is 0 Å². The maximum Gasteiger partial charge on any atom is 0.180 e. The first-order chi connectivity index (χ1) is 7.76. The largest absolute Gasteiger partial charge is 0.390 e. The van der Waals surface area contributed by atoms with E-state index in [4.69, 9.17) is 0 Å². The third kappa shape index (κ3) is 3.06. The summed E-state index contributed by atoms with van der Waals surface area (Å²) in [5, 5.41) is 18.3. The first-order valence-corrected chi connectivity index (χ1v) is 7.01. The van der Waals surface area contributed by atoms with Crippen molar-refractivity contribution in [2.75, 3.05) is 0 Å². The van der Waals surface area contributed by atoms with Gasteiger partial charge in [0.25, 0.3) is 0 Å². The van der Waals surface area contributed by atoms with Crippen LogP contribution in [0.4, 0.5) is 0 Å². The molecule has 0 bridgehead atoms. The summed E-state index contributed by atoms with van der Waals surface area (Å²) in [6.45, 7) is 4.71. The minimum Gasteiger partial charge on any atom is -0.390 e. The van der Waals surface area contributed by atoms with Crippen molar-refractivity contribution in [1.82, 2.24) is 0 Å². The van der Waals surface area contributed by atoms with Gasteiger partial charge in [0.2, 0.25) is 0 Å². The Labute approximate surface area is 102 Å². The lowest BCUT2D eigenvalue weighted by Gasteiger charge is -2.14. The minimum atomic E-state index is -3.28. The van der Waals surface area contributed by atoms with Crippen LogP contribution in [0.15, 0.2) is 29.2 Å². The average Bonchev–Trinajstić information content (AvgIpc) is 2.27. The van der Waals surface area contributed by atoms with Gasteiger partial charge in [0, 0.05) is 0 Å². The molecule has 0 radical (unpaired) electrons. The van der Waals surface area contributed by atoms with Crippen LogP contribution in [0.1, 0.15) is 32.4 Å². The van der Waals surface area contributed by atoms with Gasteiger partial charge in [-0.05, 0) is 38.5 Å². The Morgan fingerprint density at radius 1 is 1.00 bits per heavy atom. The van der Waals surface area contributed by atoms with Crippen molar-refractivity contribution >= 4 is 9.84 Å². The molecule has 1 rings (SSSR count). The minimum absolute atomic E-state index is 0.231. The van der Waals surface area contributed by atoms with Crippen molar-refractivity contribution in [1.29, 1.82) is 0 Å². The molecule has 2 N–H and O–H groups in total. The predicted octanol–water partition coefficient (Wildman–Crippen LogP) is 1.28. The van der Waals surface area contributed by atoms with E-state index in [-0.39, 0.29) is 4.90 Å². The van der Waals surface area contributed by atoms with Crippen LogP contribution in [0.3, 0.4) is 0 Å². The number of aliphatic hydroxyl groups is 2. The molecule has 1 aromatic carbocycles. The van der Waals surface area contributed by atoms with Crippen LogP contribution in [0.25, 0.3) is 0 Å². The van der Waals surface area contributed by atoms with Crippen molar-refractivity contribution < 1.29 is 18.6 Å². The summed E-state index contributed by atoms with van der Waals surface area (Å²) >= 11 is 0. The average molecular weight is 258 g/mol. The molecule has 0 fully saturated rings. The number of aliphatic hydroxyl groups excluding tert-OH is 2. The molecule has 1 aromatic rings. The number of sulfone groups is 1. The monoisotopic (exact) mass is 258 g/mol. The predicted molar refractivity (Wildman–Crippen MR) is 65.4 cm³/mol. The number of rotatable bonds is 4. The fourth-order valence-electron chi connectivity index (χ4n) is 1.41. The molecule has 0 aliphatic rings. The number of benzene rings is 1. The SMILES string of the molecule is CC(O)C(O)c1ccc(S(=O)(=O)C(C)C)cc1. The quantitative estimate of drug-likeness (QED) is 0.853. The highest BCUT2D eigenvalue weighted by atomic mass is 32.2. The Bertz CT molecular complexity index is 460. The first-order valence-electron chi connectivity index (χ1n) is 5.46. The molecule has 0 amide bonds. The molecule has 5 heteroatoms. The summed E-state index contributed by atoms with van der Waals surface area (Å²) in [5.41, 5.74) is 0.503. The molecule has 2 unspecified atom stereocenters. The molecule has 0 aromatic heterocycles. The van der Waals surface area contributed by atoms with E-state index < -0.39 is 27.3 Å². The summed E-state index contributed by atoms with van der Waals surface area (Å²) < 4.78 is 23.7. The van der Waals surface area contributed by atoms with Crippen LogP contribution in [-0.4, -0.2) is 30.0 Å². The molecule has 0 saturated carbocycles.